The van der Waals surface area contributed by atoms with E-state index in [1.165, 1.54) is 5.57 Å². The molecule has 3 aromatic carbocycles. The van der Waals surface area contributed by atoms with E-state index in [0.29, 0.717) is 25.5 Å². The predicted molar refractivity (Wildman–Crippen MR) is 149 cm³/mol. The van der Waals surface area contributed by atoms with Gasteiger partial charge in [-0.3, -0.25) is 4.79 Å². The molecule has 0 amide bonds. The molecule has 0 bridgehead atoms. The Morgan fingerprint density at radius 1 is 1.00 bits per heavy atom. The first-order valence-electron chi connectivity index (χ1n) is 13.1. The second-order valence-corrected chi connectivity index (χ2v) is 9.40. The van der Waals surface area contributed by atoms with Crippen molar-refractivity contribution >= 4 is 23.0 Å². The molecule has 0 aliphatic carbocycles. The molecule has 1 fully saturated rings. The summed E-state index contributed by atoms with van der Waals surface area (Å²) in [5, 5.41) is 1.00. The normalized spacial score (nSPS) is 13.5. The number of rotatable bonds is 9. The summed E-state index contributed by atoms with van der Waals surface area (Å²) in [6.07, 6.45) is 6.01. The third kappa shape index (κ3) is 5.98. The van der Waals surface area contributed by atoms with Gasteiger partial charge in [0.15, 0.2) is 0 Å². The first kappa shape index (κ1) is 25.8. The Hall–Kier alpha value is -3.87. The van der Waals surface area contributed by atoms with Gasteiger partial charge in [0.05, 0.1) is 32.5 Å². The highest BCUT2D eigenvalue weighted by atomic mass is 16.5. The predicted octanol–water partition coefficient (Wildman–Crippen LogP) is 6.44. The fourth-order valence-corrected chi connectivity index (χ4v) is 4.79. The average molecular weight is 512 g/mol. The zero-order valence-electron chi connectivity index (χ0n) is 21.7. The summed E-state index contributed by atoms with van der Waals surface area (Å²) in [5.41, 5.74) is 14.2. The molecule has 5 rings (SSSR count). The Kier molecular flexibility index (Phi) is 8.22. The highest BCUT2D eigenvalue weighted by molar-refractivity contribution is 5.93. The second-order valence-electron chi connectivity index (χ2n) is 9.40. The molecule has 1 aliphatic heterocycles. The summed E-state index contributed by atoms with van der Waals surface area (Å²) in [4.78, 5) is 12.1. The van der Waals surface area contributed by atoms with Crippen LogP contribution in [0.3, 0.4) is 0 Å². The van der Waals surface area contributed by atoms with E-state index in [9.17, 15) is 4.79 Å². The third-order valence-corrected chi connectivity index (χ3v) is 6.77. The number of para-hydroxylation sites is 1. The Morgan fingerprint density at radius 2 is 1.84 bits per heavy atom. The van der Waals surface area contributed by atoms with Crippen LogP contribution >= 0.6 is 0 Å². The third-order valence-electron chi connectivity index (χ3n) is 6.77. The van der Waals surface area contributed by atoms with Crippen molar-refractivity contribution in [2.75, 3.05) is 19.8 Å². The lowest BCUT2D eigenvalue weighted by molar-refractivity contribution is -0.142. The molecule has 6 heteroatoms. The minimum absolute atomic E-state index is 0.166. The molecule has 0 atom stereocenters. The maximum absolute atomic E-state index is 12.1. The van der Waals surface area contributed by atoms with E-state index in [0.717, 1.165) is 70.4 Å². The van der Waals surface area contributed by atoms with Gasteiger partial charge >= 0.3 is 5.97 Å². The highest BCUT2D eigenvalue weighted by Crippen LogP contribution is 2.34. The second kappa shape index (κ2) is 12.1. The fourth-order valence-electron chi connectivity index (χ4n) is 4.79. The molecule has 196 valence electrons. The first-order chi connectivity index (χ1) is 18.6. The van der Waals surface area contributed by atoms with Crippen LogP contribution in [0, 0.1) is 0 Å². The van der Waals surface area contributed by atoms with Gasteiger partial charge in [-0.05, 0) is 60.7 Å². The number of esters is 1. The lowest BCUT2D eigenvalue weighted by Gasteiger charge is -2.15. The maximum atomic E-state index is 12.1. The number of furan rings is 1. The average Bonchev–Trinajstić information content (AvgIpc) is 3.36. The Bertz CT molecular complexity index is 1440. The van der Waals surface area contributed by atoms with Crippen molar-refractivity contribution < 1.29 is 23.4 Å². The molecule has 0 saturated carbocycles. The van der Waals surface area contributed by atoms with Gasteiger partial charge in [-0.2, -0.15) is 0 Å². The van der Waals surface area contributed by atoms with Gasteiger partial charge in [-0.25, -0.2) is 0 Å². The van der Waals surface area contributed by atoms with E-state index in [-0.39, 0.29) is 12.4 Å². The number of carbonyl (C=O) groups is 1. The zero-order chi connectivity index (χ0) is 26.3. The molecular weight excluding hydrogens is 478 g/mol. The molecule has 2 heterocycles. The summed E-state index contributed by atoms with van der Waals surface area (Å²) < 4.78 is 23.0. The van der Waals surface area contributed by atoms with Gasteiger partial charge in [0.1, 0.15) is 17.9 Å². The van der Waals surface area contributed by atoms with Crippen LogP contribution in [0.25, 0.3) is 28.2 Å². The minimum Gasteiger partial charge on any atom is -0.488 e. The van der Waals surface area contributed by atoms with E-state index in [1.807, 2.05) is 36.4 Å². The monoisotopic (exact) mass is 511 g/mol. The van der Waals surface area contributed by atoms with Crippen LogP contribution in [0.4, 0.5) is 0 Å². The summed E-state index contributed by atoms with van der Waals surface area (Å²) in [5.74, 6) is 0.388. The minimum atomic E-state index is -0.271. The molecule has 0 unspecified atom stereocenters. The van der Waals surface area contributed by atoms with Crippen molar-refractivity contribution in [1.82, 2.24) is 0 Å². The largest absolute Gasteiger partial charge is 0.488 e. The van der Waals surface area contributed by atoms with Crippen LogP contribution in [-0.2, 0) is 33.8 Å². The maximum Gasteiger partial charge on any atom is 0.310 e. The number of hydrogen-bond acceptors (Lipinski definition) is 6. The molecule has 0 radical (unpaired) electrons. The number of hydrogen-bond donors (Lipinski definition) is 1. The summed E-state index contributed by atoms with van der Waals surface area (Å²) >= 11 is 0. The summed E-state index contributed by atoms with van der Waals surface area (Å²) in [6, 6.07) is 20.2. The van der Waals surface area contributed by atoms with Crippen LogP contribution in [-0.4, -0.2) is 25.8 Å². The van der Waals surface area contributed by atoms with E-state index in [1.54, 1.807) is 13.2 Å². The lowest BCUT2D eigenvalue weighted by atomic mass is 9.96. The summed E-state index contributed by atoms with van der Waals surface area (Å²) in [6.45, 7) is 4.44. The Morgan fingerprint density at radius 3 is 2.66 bits per heavy atom. The summed E-state index contributed by atoms with van der Waals surface area (Å²) in [7, 11) is 0. The van der Waals surface area contributed by atoms with Crippen LogP contribution < -0.4 is 10.5 Å². The van der Waals surface area contributed by atoms with Gasteiger partial charge in [0, 0.05) is 28.6 Å². The van der Waals surface area contributed by atoms with Gasteiger partial charge in [-0.15, -0.1) is 0 Å². The molecule has 0 spiro atoms. The van der Waals surface area contributed by atoms with Crippen LogP contribution in [0.1, 0.15) is 42.0 Å². The SMILES string of the molecule is CCOC(=O)Cc1ccccc1OCc1coc2c(C=C3CCOCC3)cc(-c3cccc(CN)c3)cc12. The smallest absolute Gasteiger partial charge is 0.310 e. The Labute approximate surface area is 223 Å². The molecule has 38 heavy (non-hydrogen) atoms. The molecule has 1 aromatic heterocycles. The van der Waals surface area contributed by atoms with Gasteiger partial charge in [0.25, 0.3) is 0 Å². The number of nitrogens with two attached hydrogens (primary N) is 1. The Balaban J connectivity index is 1.50. The lowest BCUT2D eigenvalue weighted by Crippen LogP contribution is -2.09. The van der Waals surface area contributed by atoms with Crippen LogP contribution in [0.2, 0.25) is 0 Å². The zero-order valence-corrected chi connectivity index (χ0v) is 21.7. The molecule has 4 aromatic rings. The number of carbonyl (C=O) groups excluding carboxylic acids is 1. The van der Waals surface area contributed by atoms with Gasteiger partial charge < -0.3 is 24.4 Å². The number of benzene rings is 3. The number of ether oxygens (including phenoxy) is 3. The van der Waals surface area contributed by atoms with Crippen LogP contribution in [0.5, 0.6) is 5.75 Å². The van der Waals surface area contributed by atoms with Crippen molar-refractivity contribution in [2.24, 2.45) is 5.73 Å². The van der Waals surface area contributed by atoms with Crippen LogP contribution in [0.15, 0.2) is 76.9 Å². The van der Waals surface area contributed by atoms with Crippen molar-refractivity contribution in [3.8, 4) is 16.9 Å². The van der Waals surface area contributed by atoms with Crippen molar-refractivity contribution in [3.63, 3.8) is 0 Å². The van der Waals surface area contributed by atoms with Crippen molar-refractivity contribution in [2.45, 2.75) is 39.3 Å². The van der Waals surface area contributed by atoms with Crippen molar-refractivity contribution in [3.05, 3.63) is 94.8 Å². The van der Waals surface area contributed by atoms with Gasteiger partial charge in [0.2, 0.25) is 0 Å². The highest BCUT2D eigenvalue weighted by Gasteiger charge is 2.16. The van der Waals surface area contributed by atoms with E-state index in [2.05, 4.69) is 30.3 Å². The fraction of sp³-hybridized carbons (Fsp3) is 0.281. The molecule has 1 saturated heterocycles. The molecule has 2 N–H and O–H groups in total. The topological polar surface area (TPSA) is 83.9 Å². The quantitative estimate of drug-likeness (QED) is 0.261. The number of fused-ring (bicyclic) bond motifs is 1. The van der Waals surface area contributed by atoms with E-state index < -0.39 is 0 Å². The first-order valence-corrected chi connectivity index (χ1v) is 13.1. The van der Waals surface area contributed by atoms with Gasteiger partial charge in [-0.1, -0.05) is 48.0 Å². The molecule has 1 aliphatic rings. The molecular formula is C32H33NO5. The standard InChI is InChI=1S/C32H33NO5/c1-2-36-31(34)18-25-7-3-4-9-30(25)37-20-28-21-38-32-27(14-22-10-12-35-13-11-22)16-26(17-29(28)32)24-8-5-6-23(15-24)19-33/h3-9,14-17,21H,2,10-13,18-20,33H2,1H3. The van der Waals surface area contributed by atoms with E-state index >= 15 is 0 Å². The van der Waals surface area contributed by atoms with E-state index in [4.69, 9.17) is 24.4 Å². The van der Waals surface area contributed by atoms with Crippen molar-refractivity contribution in [1.29, 1.82) is 0 Å². The molecule has 6 nitrogen and oxygen atoms in total.